The van der Waals surface area contributed by atoms with Crippen molar-refractivity contribution in [3.8, 4) is 5.75 Å². The fraction of sp³-hybridized carbons (Fsp3) is 0. The summed E-state index contributed by atoms with van der Waals surface area (Å²) in [6, 6.07) is 10.6. The van der Waals surface area contributed by atoms with Gasteiger partial charge < -0.3 is 5.11 Å². The smallest absolute Gasteiger partial charge is 0.311 e. The van der Waals surface area contributed by atoms with Gasteiger partial charge in [-0.3, -0.25) is 14.9 Å². The molecule has 0 fully saturated rings. The summed E-state index contributed by atoms with van der Waals surface area (Å²) in [6.07, 6.45) is 1.25. The second kappa shape index (κ2) is 6.81. The van der Waals surface area contributed by atoms with Gasteiger partial charge in [0.2, 0.25) is 0 Å². The molecular weight excluding hydrogens is 354 g/mol. The van der Waals surface area contributed by atoms with E-state index >= 15 is 0 Å². The van der Waals surface area contributed by atoms with Crippen LogP contribution in [0.25, 0.3) is 0 Å². The van der Waals surface area contributed by atoms with Crippen molar-refractivity contribution in [2.75, 3.05) is 0 Å². The van der Waals surface area contributed by atoms with Gasteiger partial charge >= 0.3 is 5.69 Å². The first-order valence-electron chi connectivity index (χ1n) is 6.04. The highest BCUT2D eigenvalue weighted by atomic mass is 79.9. The Bertz CT molecular complexity index is 762. The van der Waals surface area contributed by atoms with Crippen molar-refractivity contribution in [1.82, 2.24) is 5.43 Å². The summed E-state index contributed by atoms with van der Waals surface area (Å²) in [5.41, 5.74) is 2.68. The Labute approximate surface area is 133 Å². The van der Waals surface area contributed by atoms with Gasteiger partial charge in [0.25, 0.3) is 5.91 Å². The van der Waals surface area contributed by atoms with Gasteiger partial charge in [-0.2, -0.15) is 5.10 Å². The topological polar surface area (TPSA) is 105 Å². The number of hydrazone groups is 1. The molecule has 0 atom stereocenters. The molecule has 0 saturated heterocycles. The number of amides is 1. The lowest BCUT2D eigenvalue weighted by Gasteiger charge is -2.02. The number of benzene rings is 2. The van der Waals surface area contributed by atoms with Crippen LogP contribution in [0, 0.1) is 10.1 Å². The molecule has 0 unspecified atom stereocenters. The van der Waals surface area contributed by atoms with Crippen LogP contribution >= 0.6 is 15.9 Å². The SMILES string of the molecule is O=C(N/N=C/c1ccc(O)c([N+](=O)[O-])c1)c1ccccc1Br. The number of phenolic OH excluding ortho intramolecular Hbond substituents is 1. The van der Waals surface area contributed by atoms with E-state index in [9.17, 15) is 20.0 Å². The van der Waals surface area contributed by atoms with Crippen LogP contribution in [0.5, 0.6) is 5.75 Å². The van der Waals surface area contributed by atoms with Gasteiger partial charge in [-0.25, -0.2) is 5.43 Å². The number of nitro groups is 1. The van der Waals surface area contributed by atoms with Crippen molar-refractivity contribution in [1.29, 1.82) is 0 Å². The van der Waals surface area contributed by atoms with Crippen molar-refractivity contribution in [3.63, 3.8) is 0 Å². The van der Waals surface area contributed by atoms with Crippen LogP contribution in [-0.4, -0.2) is 22.2 Å². The summed E-state index contributed by atoms with van der Waals surface area (Å²) >= 11 is 3.25. The Morgan fingerprint density at radius 3 is 2.73 bits per heavy atom. The van der Waals surface area contributed by atoms with Gasteiger partial charge in [0.1, 0.15) is 0 Å². The molecule has 22 heavy (non-hydrogen) atoms. The summed E-state index contributed by atoms with van der Waals surface area (Å²) in [6.45, 7) is 0. The normalized spacial score (nSPS) is 10.6. The van der Waals surface area contributed by atoms with E-state index in [4.69, 9.17) is 0 Å². The lowest BCUT2D eigenvalue weighted by atomic mass is 10.2. The van der Waals surface area contributed by atoms with Crippen molar-refractivity contribution in [2.24, 2.45) is 5.10 Å². The predicted octanol–water partition coefficient (Wildman–Crippen LogP) is 2.83. The Kier molecular flexibility index (Phi) is 4.84. The van der Waals surface area contributed by atoms with E-state index in [0.29, 0.717) is 15.6 Å². The van der Waals surface area contributed by atoms with Crippen molar-refractivity contribution >= 4 is 33.7 Å². The van der Waals surface area contributed by atoms with Gasteiger partial charge in [0.05, 0.1) is 16.7 Å². The first kappa shape index (κ1) is 15.6. The van der Waals surface area contributed by atoms with Crippen LogP contribution < -0.4 is 5.43 Å². The number of phenols is 1. The molecule has 0 aromatic heterocycles. The van der Waals surface area contributed by atoms with E-state index in [1.807, 2.05) is 0 Å². The third-order valence-corrected chi connectivity index (χ3v) is 3.39. The predicted molar refractivity (Wildman–Crippen MR) is 84.0 cm³/mol. The van der Waals surface area contributed by atoms with Crippen LogP contribution in [0.1, 0.15) is 15.9 Å². The molecule has 0 aliphatic heterocycles. The molecule has 2 aromatic rings. The highest BCUT2D eigenvalue weighted by Crippen LogP contribution is 2.25. The van der Waals surface area contributed by atoms with Crippen LogP contribution in [0.4, 0.5) is 5.69 Å². The van der Waals surface area contributed by atoms with Gasteiger partial charge in [-0.15, -0.1) is 0 Å². The standard InChI is InChI=1S/C14H10BrN3O4/c15-11-4-2-1-3-10(11)14(20)17-16-8-9-5-6-13(19)12(7-9)18(21)22/h1-8,19H,(H,17,20)/b16-8+. The minimum atomic E-state index is -0.702. The number of carbonyl (C=O) groups excluding carboxylic acids is 1. The second-order valence-corrected chi connectivity index (χ2v) is 5.04. The summed E-state index contributed by atoms with van der Waals surface area (Å²) in [5.74, 6) is -0.851. The number of hydrogen-bond acceptors (Lipinski definition) is 5. The summed E-state index contributed by atoms with van der Waals surface area (Å²) in [4.78, 5) is 21.9. The number of nitrogens with zero attached hydrogens (tertiary/aromatic N) is 2. The summed E-state index contributed by atoms with van der Waals surface area (Å²) in [5, 5.41) is 23.8. The molecule has 1 amide bonds. The minimum absolute atomic E-state index is 0.372. The molecule has 0 aliphatic rings. The average Bonchev–Trinajstić information content (AvgIpc) is 2.49. The van der Waals surface area contributed by atoms with E-state index in [-0.39, 0.29) is 0 Å². The molecule has 2 N–H and O–H groups in total. The third kappa shape index (κ3) is 3.67. The van der Waals surface area contributed by atoms with Gasteiger partial charge in [0, 0.05) is 16.1 Å². The van der Waals surface area contributed by atoms with Crippen molar-refractivity contribution in [2.45, 2.75) is 0 Å². The van der Waals surface area contributed by atoms with Crippen LogP contribution in [-0.2, 0) is 0 Å². The maximum absolute atomic E-state index is 11.9. The van der Waals surface area contributed by atoms with Crippen LogP contribution in [0.15, 0.2) is 52.0 Å². The molecule has 0 radical (unpaired) electrons. The van der Waals surface area contributed by atoms with E-state index in [2.05, 4.69) is 26.5 Å². The Morgan fingerprint density at radius 2 is 2.05 bits per heavy atom. The first-order valence-corrected chi connectivity index (χ1v) is 6.83. The number of nitrogens with one attached hydrogen (secondary N) is 1. The fourth-order valence-corrected chi connectivity index (χ4v) is 2.10. The highest BCUT2D eigenvalue weighted by molar-refractivity contribution is 9.10. The number of nitro benzene ring substituents is 1. The zero-order valence-corrected chi connectivity index (χ0v) is 12.6. The van der Waals surface area contributed by atoms with E-state index < -0.39 is 22.3 Å². The second-order valence-electron chi connectivity index (χ2n) is 4.18. The quantitative estimate of drug-likeness (QED) is 0.494. The number of halogens is 1. The highest BCUT2D eigenvalue weighted by Gasteiger charge is 2.13. The first-order chi connectivity index (χ1) is 10.5. The Morgan fingerprint density at radius 1 is 1.32 bits per heavy atom. The lowest BCUT2D eigenvalue weighted by Crippen LogP contribution is -2.18. The molecule has 2 rings (SSSR count). The molecule has 8 heteroatoms. The van der Waals surface area contributed by atoms with E-state index in [1.165, 1.54) is 18.3 Å². The molecule has 0 bridgehead atoms. The molecule has 0 spiro atoms. The molecule has 112 valence electrons. The number of hydrogen-bond donors (Lipinski definition) is 2. The van der Waals surface area contributed by atoms with Crippen molar-refractivity contribution < 1.29 is 14.8 Å². The van der Waals surface area contributed by atoms with E-state index in [0.717, 1.165) is 6.07 Å². The average molecular weight is 364 g/mol. The zero-order valence-electron chi connectivity index (χ0n) is 11.1. The van der Waals surface area contributed by atoms with Gasteiger partial charge in [-0.05, 0) is 40.2 Å². The van der Waals surface area contributed by atoms with Crippen LogP contribution in [0.2, 0.25) is 0 Å². The number of aromatic hydroxyl groups is 1. The van der Waals surface area contributed by atoms with Crippen molar-refractivity contribution in [3.05, 3.63) is 68.2 Å². The van der Waals surface area contributed by atoms with Crippen LogP contribution in [0.3, 0.4) is 0 Å². The fourth-order valence-electron chi connectivity index (χ4n) is 1.64. The zero-order chi connectivity index (χ0) is 16.1. The largest absolute Gasteiger partial charge is 0.502 e. The molecular formula is C14H10BrN3O4. The number of rotatable bonds is 4. The third-order valence-electron chi connectivity index (χ3n) is 2.69. The van der Waals surface area contributed by atoms with Gasteiger partial charge in [-0.1, -0.05) is 12.1 Å². The summed E-state index contributed by atoms with van der Waals surface area (Å²) < 4.78 is 0.628. The molecule has 2 aromatic carbocycles. The molecule has 7 nitrogen and oxygen atoms in total. The maximum atomic E-state index is 11.9. The molecule has 0 saturated carbocycles. The number of carbonyl (C=O) groups is 1. The lowest BCUT2D eigenvalue weighted by molar-refractivity contribution is -0.385. The monoisotopic (exact) mass is 363 g/mol. The summed E-state index contributed by atoms with van der Waals surface area (Å²) in [7, 11) is 0. The van der Waals surface area contributed by atoms with E-state index in [1.54, 1.807) is 24.3 Å². The Hall–Kier alpha value is -2.74. The minimum Gasteiger partial charge on any atom is -0.502 e. The van der Waals surface area contributed by atoms with Gasteiger partial charge in [0.15, 0.2) is 5.75 Å². The Balaban J connectivity index is 2.10. The molecule has 0 heterocycles. The molecule has 0 aliphatic carbocycles. The maximum Gasteiger partial charge on any atom is 0.311 e.